The maximum Gasteiger partial charge on any atom is 0.228 e. The molecule has 28 heavy (non-hydrogen) atoms. The maximum absolute atomic E-state index is 5.92. The molecule has 0 spiro atoms. The molecule has 1 aliphatic rings. The zero-order chi connectivity index (χ0) is 19.9. The van der Waals surface area contributed by atoms with Crippen LogP contribution in [0.3, 0.4) is 0 Å². The van der Waals surface area contributed by atoms with Crippen LogP contribution in [-0.2, 0) is 11.3 Å². The lowest BCUT2D eigenvalue weighted by atomic mass is 10.1. The fourth-order valence-corrected chi connectivity index (χ4v) is 4.19. The summed E-state index contributed by atoms with van der Waals surface area (Å²) >= 11 is 1.77. The second-order valence-corrected chi connectivity index (χ2v) is 8.82. The van der Waals surface area contributed by atoms with Gasteiger partial charge in [-0.2, -0.15) is 0 Å². The molecule has 7 heteroatoms. The molecule has 2 heterocycles. The average Bonchev–Trinajstić information content (AvgIpc) is 3.03. The average molecular weight is 405 g/mol. The minimum atomic E-state index is 0.544. The number of nitrogens with zero attached hydrogens (tertiary/aromatic N) is 4. The topological polar surface area (TPSA) is 52.4 Å². The zero-order valence-corrected chi connectivity index (χ0v) is 18.3. The van der Waals surface area contributed by atoms with Crippen LogP contribution < -0.4 is 9.64 Å². The second kappa shape index (κ2) is 10.2. The SMILES string of the molecule is Cc1cc(C)cc(OCCCSc2nnc(N3CCOCC3)n2CC(C)C)c1. The second-order valence-electron chi connectivity index (χ2n) is 7.76. The van der Waals surface area contributed by atoms with Gasteiger partial charge in [0.1, 0.15) is 5.75 Å². The fourth-order valence-electron chi connectivity index (χ4n) is 3.34. The van der Waals surface area contributed by atoms with Gasteiger partial charge in [0.05, 0.1) is 19.8 Å². The molecule has 1 aliphatic heterocycles. The van der Waals surface area contributed by atoms with Gasteiger partial charge in [-0.15, -0.1) is 10.2 Å². The molecule has 6 nitrogen and oxygen atoms in total. The number of hydrogen-bond donors (Lipinski definition) is 0. The summed E-state index contributed by atoms with van der Waals surface area (Å²) in [6.07, 6.45) is 0.971. The van der Waals surface area contributed by atoms with Crippen molar-refractivity contribution in [2.75, 3.05) is 43.6 Å². The number of ether oxygens (including phenoxy) is 2. The van der Waals surface area contributed by atoms with Crippen LogP contribution >= 0.6 is 11.8 Å². The molecule has 0 radical (unpaired) electrons. The van der Waals surface area contributed by atoms with Gasteiger partial charge in [-0.1, -0.05) is 31.7 Å². The first kappa shape index (κ1) is 21.0. The van der Waals surface area contributed by atoms with Crippen LogP contribution in [0.1, 0.15) is 31.4 Å². The van der Waals surface area contributed by atoms with Crippen LogP contribution in [0.4, 0.5) is 5.95 Å². The molecule has 154 valence electrons. The van der Waals surface area contributed by atoms with Gasteiger partial charge in [-0.25, -0.2) is 0 Å². The molecule has 2 aromatic rings. The Morgan fingerprint density at radius 3 is 2.50 bits per heavy atom. The summed E-state index contributed by atoms with van der Waals surface area (Å²) < 4.78 is 13.7. The van der Waals surface area contributed by atoms with Gasteiger partial charge in [0.25, 0.3) is 0 Å². The molecule has 0 atom stereocenters. The molecule has 0 amide bonds. The molecule has 0 aliphatic carbocycles. The van der Waals surface area contributed by atoms with E-state index in [2.05, 4.69) is 65.6 Å². The van der Waals surface area contributed by atoms with Gasteiger partial charge in [0, 0.05) is 25.4 Å². The predicted molar refractivity (Wildman–Crippen MR) is 115 cm³/mol. The summed E-state index contributed by atoms with van der Waals surface area (Å²) in [7, 11) is 0. The van der Waals surface area contributed by atoms with Crippen LogP contribution in [0.15, 0.2) is 23.4 Å². The van der Waals surface area contributed by atoms with Crippen molar-refractivity contribution in [2.24, 2.45) is 5.92 Å². The van der Waals surface area contributed by atoms with Crippen molar-refractivity contribution < 1.29 is 9.47 Å². The highest BCUT2D eigenvalue weighted by molar-refractivity contribution is 7.99. The van der Waals surface area contributed by atoms with E-state index in [1.165, 1.54) is 11.1 Å². The van der Waals surface area contributed by atoms with Crippen molar-refractivity contribution in [3.63, 3.8) is 0 Å². The van der Waals surface area contributed by atoms with Crippen molar-refractivity contribution >= 4 is 17.7 Å². The minimum Gasteiger partial charge on any atom is -0.494 e. The third-order valence-corrected chi connectivity index (χ3v) is 5.58. The molecule has 0 N–H and O–H groups in total. The van der Waals surface area contributed by atoms with Crippen LogP contribution in [0.5, 0.6) is 5.75 Å². The van der Waals surface area contributed by atoms with Crippen LogP contribution in [0, 0.1) is 19.8 Å². The van der Waals surface area contributed by atoms with Crippen molar-refractivity contribution in [3.8, 4) is 5.75 Å². The van der Waals surface area contributed by atoms with Crippen molar-refractivity contribution in [1.29, 1.82) is 0 Å². The lowest BCUT2D eigenvalue weighted by Crippen LogP contribution is -2.38. The quantitative estimate of drug-likeness (QED) is 0.466. The van der Waals surface area contributed by atoms with E-state index >= 15 is 0 Å². The van der Waals surface area contributed by atoms with Gasteiger partial charge >= 0.3 is 0 Å². The summed E-state index contributed by atoms with van der Waals surface area (Å²) in [4.78, 5) is 2.28. The normalized spacial score (nSPS) is 14.7. The van der Waals surface area contributed by atoms with E-state index in [1.54, 1.807) is 11.8 Å². The standard InChI is InChI=1S/C21H32N4O2S/c1-16(2)15-25-20(24-6-9-26-10-7-24)22-23-21(25)28-11-5-8-27-19-13-17(3)12-18(4)14-19/h12-14,16H,5-11,15H2,1-4H3. The van der Waals surface area contributed by atoms with Gasteiger partial charge in [-0.3, -0.25) is 4.57 Å². The Kier molecular flexibility index (Phi) is 7.62. The first-order valence-corrected chi connectivity index (χ1v) is 11.1. The number of anilines is 1. The highest BCUT2D eigenvalue weighted by Crippen LogP contribution is 2.25. The van der Waals surface area contributed by atoms with E-state index in [1.807, 2.05) is 0 Å². The summed E-state index contributed by atoms with van der Waals surface area (Å²) in [6.45, 7) is 13.6. The third-order valence-electron chi connectivity index (χ3n) is 4.52. The highest BCUT2D eigenvalue weighted by atomic mass is 32.2. The lowest BCUT2D eigenvalue weighted by molar-refractivity contribution is 0.121. The Bertz CT molecular complexity index is 737. The Morgan fingerprint density at radius 1 is 1.11 bits per heavy atom. The fraction of sp³-hybridized carbons (Fsp3) is 0.619. The molecule has 3 rings (SSSR count). The van der Waals surface area contributed by atoms with Gasteiger partial charge in [-0.05, 0) is 49.4 Å². The molecule has 1 aromatic heterocycles. The van der Waals surface area contributed by atoms with Crippen molar-refractivity contribution in [3.05, 3.63) is 29.3 Å². The number of rotatable bonds is 9. The number of aryl methyl sites for hydroxylation is 2. The third kappa shape index (κ3) is 5.88. The van der Waals surface area contributed by atoms with Gasteiger partial charge in [0.15, 0.2) is 5.16 Å². The van der Waals surface area contributed by atoms with Gasteiger partial charge in [0.2, 0.25) is 5.95 Å². The largest absolute Gasteiger partial charge is 0.494 e. The lowest BCUT2D eigenvalue weighted by Gasteiger charge is -2.28. The Morgan fingerprint density at radius 2 is 1.82 bits per heavy atom. The predicted octanol–water partition coefficient (Wildman–Crippen LogP) is 3.95. The van der Waals surface area contributed by atoms with E-state index in [0.717, 1.165) is 61.9 Å². The molecule has 0 bridgehead atoms. The molecular formula is C21H32N4O2S. The van der Waals surface area contributed by atoms with Crippen LogP contribution in [0.25, 0.3) is 0 Å². The minimum absolute atomic E-state index is 0.544. The molecular weight excluding hydrogens is 372 g/mol. The monoisotopic (exact) mass is 404 g/mol. The highest BCUT2D eigenvalue weighted by Gasteiger charge is 2.21. The summed E-state index contributed by atoms with van der Waals surface area (Å²) in [5.41, 5.74) is 2.48. The molecule has 1 aromatic carbocycles. The maximum atomic E-state index is 5.92. The zero-order valence-electron chi connectivity index (χ0n) is 17.5. The molecule has 0 unspecified atom stereocenters. The first-order valence-electron chi connectivity index (χ1n) is 10.1. The Labute approximate surface area is 172 Å². The summed E-state index contributed by atoms with van der Waals surface area (Å²) in [5, 5.41) is 9.97. The summed E-state index contributed by atoms with van der Waals surface area (Å²) in [5.74, 6) is 3.44. The van der Waals surface area contributed by atoms with E-state index in [9.17, 15) is 0 Å². The van der Waals surface area contributed by atoms with E-state index in [4.69, 9.17) is 9.47 Å². The Balaban J connectivity index is 1.53. The molecule has 0 saturated carbocycles. The number of thioether (sulfide) groups is 1. The number of benzene rings is 1. The van der Waals surface area contributed by atoms with Crippen LogP contribution in [0.2, 0.25) is 0 Å². The molecule has 1 saturated heterocycles. The smallest absolute Gasteiger partial charge is 0.228 e. The van der Waals surface area contributed by atoms with Crippen molar-refractivity contribution in [2.45, 2.75) is 45.8 Å². The molecule has 1 fully saturated rings. The van der Waals surface area contributed by atoms with Crippen LogP contribution in [-0.4, -0.2) is 53.4 Å². The van der Waals surface area contributed by atoms with E-state index in [0.29, 0.717) is 12.5 Å². The van der Waals surface area contributed by atoms with E-state index in [-0.39, 0.29) is 0 Å². The number of hydrogen-bond acceptors (Lipinski definition) is 6. The number of aromatic nitrogens is 3. The van der Waals surface area contributed by atoms with Crippen molar-refractivity contribution in [1.82, 2.24) is 14.8 Å². The number of morpholine rings is 1. The summed E-state index contributed by atoms with van der Waals surface area (Å²) in [6, 6.07) is 6.35. The van der Waals surface area contributed by atoms with E-state index < -0.39 is 0 Å². The first-order chi connectivity index (χ1) is 13.5. The Hall–Kier alpha value is -1.73. The van der Waals surface area contributed by atoms with Gasteiger partial charge < -0.3 is 14.4 Å².